The fourth-order valence-corrected chi connectivity index (χ4v) is 3.58. The predicted octanol–water partition coefficient (Wildman–Crippen LogP) is 0.144. The van der Waals surface area contributed by atoms with Gasteiger partial charge in [0, 0.05) is 31.2 Å². The highest BCUT2D eigenvalue weighted by molar-refractivity contribution is 5.94. The number of amides is 3. The number of nitrogens with two attached hydrogens (primary N) is 1. The molecular weight excluding hydrogens is 378 g/mol. The van der Waals surface area contributed by atoms with Gasteiger partial charge in [-0.25, -0.2) is 4.98 Å². The van der Waals surface area contributed by atoms with Crippen molar-refractivity contribution in [2.75, 3.05) is 18.8 Å². The van der Waals surface area contributed by atoms with Gasteiger partial charge >= 0.3 is 0 Å². The minimum absolute atomic E-state index is 0.00696. The fourth-order valence-electron chi connectivity index (χ4n) is 3.58. The zero-order valence-electron chi connectivity index (χ0n) is 16.2. The van der Waals surface area contributed by atoms with Crippen LogP contribution in [-0.2, 0) is 14.4 Å². The maximum atomic E-state index is 12.3. The van der Waals surface area contributed by atoms with E-state index in [0.717, 1.165) is 25.7 Å². The van der Waals surface area contributed by atoms with Gasteiger partial charge in [0.2, 0.25) is 11.8 Å². The van der Waals surface area contributed by atoms with E-state index in [1.807, 2.05) is 0 Å². The Balaban J connectivity index is 0.000000941. The first-order chi connectivity index (χ1) is 13.9. The molecule has 1 saturated carbocycles. The van der Waals surface area contributed by atoms with Crippen molar-refractivity contribution in [1.29, 1.82) is 0 Å². The van der Waals surface area contributed by atoms with Crippen molar-refractivity contribution in [2.45, 2.75) is 50.6 Å². The second-order valence-corrected chi connectivity index (χ2v) is 7.10. The minimum Gasteiger partial charge on any atom is -0.483 e. The summed E-state index contributed by atoms with van der Waals surface area (Å²) in [6.07, 6.45) is 6.20. The number of rotatable bonds is 5. The van der Waals surface area contributed by atoms with E-state index in [1.54, 1.807) is 17.0 Å². The Morgan fingerprint density at radius 1 is 1.24 bits per heavy atom. The summed E-state index contributed by atoms with van der Waals surface area (Å²) >= 11 is 0. The third-order valence-corrected chi connectivity index (χ3v) is 4.93. The number of carbonyl (C=O) groups excluding carboxylic acids is 3. The molecule has 0 bridgehead atoms. The molecule has 0 aromatic carbocycles. The van der Waals surface area contributed by atoms with Crippen LogP contribution in [0.4, 0.5) is 5.82 Å². The standard InChI is InChI=1S/C18H25N5O3.CH2O2/c19-15-7-6-12(10-20-15)18(26)22-14-4-1-3-13(9-14)21-16(24)11-23-8-2-5-17(23)25;2-1-3/h6-7,10,13-14H,1-5,8-9,11H2,(H2,19,20)(H,21,24)(H,22,26);1H,(H,2,3)/t13-,14-;/m1./s1. The molecule has 29 heavy (non-hydrogen) atoms. The van der Waals surface area contributed by atoms with Crippen LogP contribution in [0.1, 0.15) is 48.9 Å². The Morgan fingerprint density at radius 3 is 2.52 bits per heavy atom. The first-order valence-electron chi connectivity index (χ1n) is 9.60. The summed E-state index contributed by atoms with van der Waals surface area (Å²) < 4.78 is 0. The number of pyridine rings is 1. The molecule has 3 amide bonds. The minimum atomic E-state index is -0.250. The summed E-state index contributed by atoms with van der Waals surface area (Å²) in [5.41, 5.74) is 6.01. The van der Waals surface area contributed by atoms with E-state index < -0.39 is 0 Å². The van der Waals surface area contributed by atoms with Gasteiger partial charge in [0.15, 0.2) is 0 Å². The van der Waals surface area contributed by atoms with E-state index in [4.69, 9.17) is 15.6 Å². The normalized spacial score (nSPS) is 21.0. The lowest BCUT2D eigenvalue weighted by Gasteiger charge is -2.30. The number of nitrogen functional groups attached to an aromatic ring is 1. The number of aromatic nitrogens is 1. The van der Waals surface area contributed by atoms with Crippen LogP contribution >= 0.6 is 0 Å². The molecule has 2 fully saturated rings. The number of carboxylic acid groups (broad SMARTS) is 1. The van der Waals surface area contributed by atoms with Crippen LogP contribution in [0.2, 0.25) is 0 Å². The van der Waals surface area contributed by atoms with Crippen LogP contribution in [0, 0.1) is 0 Å². The van der Waals surface area contributed by atoms with Crippen LogP contribution in [0.15, 0.2) is 18.3 Å². The topological polar surface area (TPSA) is 155 Å². The van der Waals surface area contributed by atoms with Gasteiger partial charge in [-0.3, -0.25) is 19.2 Å². The van der Waals surface area contributed by atoms with Crippen molar-refractivity contribution in [1.82, 2.24) is 20.5 Å². The predicted molar refractivity (Wildman–Crippen MR) is 105 cm³/mol. The maximum absolute atomic E-state index is 12.3. The zero-order chi connectivity index (χ0) is 21.2. The Hall–Kier alpha value is -3.17. The number of nitrogens with zero attached hydrogens (tertiary/aromatic N) is 2. The van der Waals surface area contributed by atoms with Gasteiger partial charge in [0.1, 0.15) is 5.82 Å². The van der Waals surface area contributed by atoms with Gasteiger partial charge in [-0.1, -0.05) is 0 Å². The van der Waals surface area contributed by atoms with Crippen molar-refractivity contribution < 1.29 is 24.3 Å². The second kappa shape index (κ2) is 11.0. The molecule has 2 atom stereocenters. The summed E-state index contributed by atoms with van der Waals surface area (Å²) in [6, 6.07) is 3.27. The number of nitrogens with one attached hydrogen (secondary N) is 2. The molecule has 158 valence electrons. The summed E-state index contributed by atoms with van der Waals surface area (Å²) in [5.74, 6) is 0.113. The number of hydrogen-bond donors (Lipinski definition) is 4. The van der Waals surface area contributed by atoms with E-state index in [0.29, 0.717) is 30.8 Å². The molecule has 2 heterocycles. The summed E-state index contributed by atoms with van der Waals surface area (Å²) in [6.45, 7) is 0.536. The van der Waals surface area contributed by atoms with Crippen molar-refractivity contribution in [3.05, 3.63) is 23.9 Å². The summed E-state index contributed by atoms with van der Waals surface area (Å²) in [4.78, 5) is 50.0. The molecule has 3 rings (SSSR count). The average Bonchev–Trinajstić information content (AvgIpc) is 3.07. The van der Waals surface area contributed by atoms with Gasteiger partial charge in [-0.2, -0.15) is 0 Å². The Bertz CT molecular complexity index is 724. The van der Waals surface area contributed by atoms with Gasteiger partial charge < -0.3 is 26.4 Å². The first-order valence-corrected chi connectivity index (χ1v) is 9.60. The van der Waals surface area contributed by atoms with E-state index in [2.05, 4.69) is 15.6 Å². The first kappa shape index (κ1) is 22.1. The molecule has 0 unspecified atom stereocenters. The van der Waals surface area contributed by atoms with Crippen molar-refractivity contribution in [2.24, 2.45) is 0 Å². The molecule has 10 heteroatoms. The molecule has 1 saturated heterocycles. The Labute approximate surface area is 168 Å². The number of hydrogen-bond acceptors (Lipinski definition) is 6. The maximum Gasteiger partial charge on any atom is 0.290 e. The smallest absolute Gasteiger partial charge is 0.290 e. The largest absolute Gasteiger partial charge is 0.483 e. The van der Waals surface area contributed by atoms with Crippen LogP contribution < -0.4 is 16.4 Å². The highest BCUT2D eigenvalue weighted by atomic mass is 16.3. The van der Waals surface area contributed by atoms with Crippen LogP contribution in [0.3, 0.4) is 0 Å². The molecule has 1 aliphatic carbocycles. The average molecular weight is 405 g/mol. The third-order valence-electron chi connectivity index (χ3n) is 4.93. The van der Waals surface area contributed by atoms with E-state index in [9.17, 15) is 14.4 Å². The Kier molecular flexibility index (Phi) is 8.38. The van der Waals surface area contributed by atoms with Crippen LogP contribution in [0.5, 0.6) is 0 Å². The monoisotopic (exact) mass is 405 g/mol. The van der Waals surface area contributed by atoms with Gasteiger partial charge in [0.25, 0.3) is 12.4 Å². The summed E-state index contributed by atoms with van der Waals surface area (Å²) in [7, 11) is 0. The van der Waals surface area contributed by atoms with Crippen molar-refractivity contribution in [3.8, 4) is 0 Å². The molecule has 10 nitrogen and oxygen atoms in total. The lowest BCUT2D eigenvalue weighted by atomic mass is 9.90. The van der Waals surface area contributed by atoms with Crippen molar-refractivity contribution >= 4 is 30.0 Å². The highest BCUT2D eigenvalue weighted by Gasteiger charge is 2.27. The summed E-state index contributed by atoms with van der Waals surface area (Å²) in [5, 5.41) is 12.9. The van der Waals surface area contributed by atoms with E-state index in [1.165, 1.54) is 6.20 Å². The number of carbonyl (C=O) groups is 4. The molecule has 1 aliphatic heterocycles. The molecule has 0 spiro atoms. The zero-order valence-corrected chi connectivity index (χ0v) is 16.2. The number of anilines is 1. The SMILES string of the molecule is Nc1ccc(C(=O)N[C@@H]2CCC[C@@H](NC(=O)CN3CCCC3=O)C2)cn1.O=CO. The van der Waals surface area contributed by atoms with Crippen LogP contribution in [0.25, 0.3) is 0 Å². The van der Waals surface area contributed by atoms with Gasteiger partial charge in [-0.15, -0.1) is 0 Å². The van der Waals surface area contributed by atoms with E-state index >= 15 is 0 Å². The third kappa shape index (κ3) is 7.05. The Morgan fingerprint density at radius 2 is 1.93 bits per heavy atom. The number of likely N-dealkylation sites (tertiary alicyclic amines) is 1. The van der Waals surface area contributed by atoms with Crippen molar-refractivity contribution in [3.63, 3.8) is 0 Å². The molecule has 1 aromatic rings. The highest BCUT2D eigenvalue weighted by Crippen LogP contribution is 2.19. The second-order valence-electron chi connectivity index (χ2n) is 7.10. The lowest BCUT2D eigenvalue weighted by Crippen LogP contribution is -2.48. The van der Waals surface area contributed by atoms with Crippen LogP contribution in [-0.4, -0.2) is 64.4 Å². The molecule has 2 aliphatic rings. The quantitative estimate of drug-likeness (QED) is 0.508. The van der Waals surface area contributed by atoms with E-state index in [-0.39, 0.29) is 42.8 Å². The molecule has 0 radical (unpaired) electrons. The lowest BCUT2D eigenvalue weighted by molar-refractivity contribution is -0.133. The molecular formula is C19H27N5O5. The van der Waals surface area contributed by atoms with Gasteiger partial charge in [0.05, 0.1) is 12.1 Å². The fraction of sp³-hybridized carbons (Fsp3) is 0.526. The molecule has 5 N–H and O–H groups in total. The van der Waals surface area contributed by atoms with Gasteiger partial charge in [-0.05, 0) is 44.2 Å². The molecule has 1 aromatic heterocycles.